The fourth-order valence-corrected chi connectivity index (χ4v) is 4.64. The second-order valence-electron chi connectivity index (χ2n) is 6.29. The number of hydrogen-bond donors (Lipinski definition) is 1. The summed E-state index contributed by atoms with van der Waals surface area (Å²) in [7, 11) is -4.02. The maximum Gasteiger partial charge on any atom is 0.294 e. The molecule has 4 aromatic rings. The third kappa shape index (κ3) is 4.18. The monoisotopic (exact) mass is 400 g/mol. The van der Waals surface area contributed by atoms with Crippen molar-refractivity contribution in [3.63, 3.8) is 0 Å². The van der Waals surface area contributed by atoms with Crippen molar-refractivity contribution < 1.29 is 17.5 Å². The van der Waals surface area contributed by atoms with Crippen LogP contribution in [0.2, 0.25) is 0 Å². The minimum Gasteiger partial charge on any atom is -0.282 e. The van der Waals surface area contributed by atoms with E-state index in [9.17, 15) is 8.42 Å². The molecule has 0 amide bonds. The van der Waals surface area contributed by atoms with Crippen molar-refractivity contribution in [1.82, 2.24) is 0 Å². The van der Waals surface area contributed by atoms with E-state index in [-0.39, 0.29) is 4.90 Å². The summed E-state index contributed by atoms with van der Waals surface area (Å²) in [6, 6.07) is 19.1. The predicted octanol–water partition coefficient (Wildman–Crippen LogP) is 4.91. The average Bonchev–Trinajstić information content (AvgIpc) is 2.97. The smallest absolute Gasteiger partial charge is 0.282 e. The lowest BCUT2D eigenvalue weighted by Crippen LogP contribution is -2.33. The van der Waals surface area contributed by atoms with Crippen LogP contribution in [0.3, 0.4) is 0 Å². The highest BCUT2D eigenvalue weighted by Crippen LogP contribution is 2.27. The molecule has 4 rings (SSSR count). The first-order chi connectivity index (χ1) is 12.8. The summed E-state index contributed by atoms with van der Waals surface area (Å²) < 4.78 is 33.3. The highest BCUT2D eigenvalue weighted by Gasteiger charge is 2.17. The molecule has 27 heavy (non-hydrogen) atoms. The van der Waals surface area contributed by atoms with Crippen molar-refractivity contribution in [3.05, 3.63) is 71.2 Å². The lowest BCUT2D eigenvalue weighted by Gasteiger charge is -1.97. The number of aromatic nitrogens is 1. The number of fused-ring (bicyclic) bond motifs is 3. The molecule has 1 aromatic heterocycles. The normalized spacial score (nSPS) is 11.4. The molecule has 0 saturated heterocycles. The second-order valence-corrected chi connectivity index (χ2v) is 8.94. The van der Waals surface area contributed by atoms with Crippen LogP contribution in [-0.4, -0.2) is 13.0 Å². The molecule has 140 valence electrons. The Kier molecular flexibility index (Phi) is 5.60. The van der Waals surface area contributed by atoms with Gasteiger partial charge in [-0.2, -0.15) is 13.0 Å². The van der Waals surface area contributed by atoms with Gasteiger partial charge in [-0.1, -0.05) is 53.3 Å². The third-order valence-electron chi connectivity index (χ3n) is 4.41. The summed E-state index contributed by atoms with van der Waals surface area (Å²) in [5.74, 6) is 0. The molecule has 4 nitrogen and oxygen atoms in total. The van der Waals surface area contributed by atoms with E-state index in [2.05, 4.69) is 54.8 Å². The van der Waals surface area contributed by atoms with Crippen LogP contribution in [0.5, 0.6) is 0 Å². The molecule has 0 fully saturated rings. The summed E-state index contributed by atoms with van der Waals surface area (Å²) in [5.41, 5.74) is 2.35. The number of benzene rings is 3. The van der Waals surface area contributed by atoms with Crippen LogP contribution in [-0.2, 0) is 16.7 Å². The van der Waals surface area contributed by atoms with Crippen LogP contribution in [0, 0.1) is 13.8 Å². The maximum atomic E-state index is 10.5. The van der Waals surface area contributed by atoms with E-state index in [1.165, 1.54) is 38.1 Å². The number of thiazole rings is 1. The molecule has 0 aliphatic rings. The molecular formula is C21H22NO3S2+. The summed E-state index contributed by atoms with van der Waals surface area (Å²) in [5, 5.41) is 4.08. The van der Waals surface area contributed by atoms with E-state index in [0.717, 1.165) is 12.1 Å². The zero-order valence-electron chi connectivity index (χ0n) is 15.5. The number of hydrogen-bond acceptors (Lipinski definition) is 3. The van der Waals surface area contributed by atoms with Crippen LogP contribution in [0.4, 0.5) is 0 Å². The molecule has 0 aliphatic heterocycles. The number of aryl methyl sites for hydroxylation is 3. The Morgan fingerprint density at radius 1 is 0.963 bits per heavy atom. The molecule has 0 saturated carbocycles. The van der Waals surface area contributed by atoms with Crippen molar-refractivity contribution in [3.8, 4) is 0 Å². The first-order valence-corrected chi connectivity index (χ1v) is 10.9. The van der Waals surface area contributed by atoms with Gasteiger partial charge < -0.3 is 0 Å². The van der Waals surface area contributed by atoms with Gasteiger partial charge in [0.1, 0.15) is 11.2 Å². The maximum absolute atomic E-state index is 10.5. The zero-order chi connectivity index (χ0) is 19.6. The predicted molar refractivity (Wildman–Crippen MR) is 111 cm³/mol. The highest BCUT2D eigenvalue weighted by atomic mass is 32.2. The van der Waals surface area contributed by atoms with Gasteiger partial charge >= 0.3 is 0 Å². The molecular weight excluding hydrogens is 378 g/mol. The van der Waals surface area contributed by atoms with Gasteiger partial charge in [-0.3, -0.25) is 4.55 Å². The van der Waals surface area contributed by atoms with E-state index < -0.39 is 10.1 Å². The van der Waals surface area contributed by atoms with Gasteiger partial charge in [0.25, 0.3) is 10.1 Å². The quantitative estimate of drug-likeness (QED) is 0.384. The van der Waals surface area contributed by atoms with Crippen LogP contribution in [0.15, 0.2) is 65.6 Å². The Bertz CT molecular complexity index is 1190. The lowest BCUT2D eigenvalue weighted by molar-refractivity contribution is -0.668. The summed E-state index contributed by atoms with van der Waals surface area (Å²) in [6.07, 6.45) is 0. The van der Waals surface area contributed by atoms with Crippen LogP contribution >= 0.6 is 11.3 Å². The van der Waals surface area contributed by atoms with Gasteiger partial charge in [0.2, 0.25) is 10.5 Å². The van der Waals surface area contributed by atoms with Crippen molar-refractivity contribution in [2.45, 2.75) is 32.2 Å². The van der Waals surface area contributed by atoms with Gasteiger partial charge in [-0.15, -0.1) is 0 Å². The SMILES string of the molecule is CC[n+]1c(C)sc2ccc3ccccc3c21.Cc1ccc(S(=O)(=O)O)cc1. The van der Waals surface area contributed by atoms with E-state index in [0.29, 0.717) is 0 Å². The Balaban J connectivity index is 0.000000168. The first kappa shape index (κ1) is 19.5. The molecule has 6 heteroatoms. The summed E-state index contributed by atoms with van der Waals surface area (Å²) in [4.78, 5) is -0.0666. The standard InChI is InChI=1S/C14H14NS.C7H8O3S/c1-3-15-10(2)16-13-9-8-11-6-4-5-7-12(11)14(13)15;1-6-2-4-7(5-3-6)11(8,9)10/h4-9H,3H2,1-2H3;2-5H,1H3,(H,8,9,10)/q+1;. The Hall–Kier alpha value is -2.28. The molecule has 3 aromatic carbocycles. The van der Waals surface area contributed by atoms with E-state index in [4.69, 9.17) is 4.55 Å². The fourth-order valence-electron chi connectivity index (χ4n) is 3.06. The van der Waals surface area contributed by atoms with Crippen molar-refractivity contribution in [2.75, 3.05) is 0 Å². The van der Waals surface area contributed by atoms with Gasteiger partial charge in [0.05, 0.1) is 10.3 Å². The third-order valence-corrected chi connectivity index (χ3v) is 6.34. The van der Waals surface area contributed by atoms with E-state index >= 15 is 0 Å². The molecule has 0 spiro atoms. The van der Waals surface area contributed by atoms with Crippen LogP contribution in [0.1, 0.15) is 17.5 Å². The van der Waals surface area contributed by atoms with Crippen LogP contribution < -0.4 is 4.57 Å². The Labute approximate surface area is 163 Å². The van der Waals surface area contributed by atoms with Gasteiger partial charge in [-0.25, -0.2) is 0 Å². The molecule has 0 atom stereocenters. The van der Waals surface area contributed by atoms with E-state index in [1.54, 1.807) is 12.1 Å². The highest BCUT2D eigenvalue weighted by molar-refractivity contribution is 7.85. The Morgan fingerprint density at radius 2 is 1.63 bits per heavy atom. The van der Waals surface area contributed by atoms with Crippen molar-refractivity contribution >= 4 is 42.4 Å². The largest absolute Gasteiger partial charge is 0.294 e. The molecule has 1 heterocycles. The molecule has 1 N–H and O–H groups in total. The lowest BCUT2D eigenvalue weighted by atomic mass is 10.1. The van der Waals surface area contributed by atoms with Crippen molar-refractivity contribution in [2.24, 2.45) is 0 Å². The Morgan fingerprint density at radius 3 is 2.26 bits per heavy atom. The van der Waals surface area contributed by atoms with E-state index in [1.807, 2.05) is 18.3 Å². The van der Waals surface area contributed by atoms with Crippen molar-refractivity contribution in [1.29, 1.82) is 0 Å². The average molecular weight is 401 g/mol. The number of nitrogens with zero attached hydrogens (tertiary/aromatic N) is 1. The minimum absolute atomic E-state index is 0.0666. The molecule has 0 radical (unpaired) electrons. The van der Waals surface area contributed by atoms with Gasteiger partial charge in [0.15, 0.2) is 0 Å². The van der Waals surface area contributed by atoms with Gasteiger partial charge in [-0.05, 0) is 43.5 Å². The minimum atomic E-state index is -4.02. The van der Waals surface area contributed by atoms with Crippen LogP contribution in [0.25, 0.3) is 21.0 Å². The molecule has 0 aliphatic carbocycles. The summed E-state index contributed by atoms with van der Waals surface area (Å²) >= 11 is 1.88. The van der Waals surface area contributed by atoms with Gasteiger partial charge in [0, 0.05) is 6.92 Å². The second kappa shape index (κ2) is 7.76. The summed E-state index contributed by atoms with van der Waals surface area (Å²) in [6.45, 7) is 7.29. The number of rotatable bonds is 2. The molecule has 0 bridgehead atoms. The zero-order valence-corrected chi connectivity index (χ0v) is 17.1. The topological polar surface area (TPSA) is 58.2 Å². The first-order valence-electron chi connectivity index (χ1n) is 8.66. The molecule has 0 unspecified atom stereocenters. The fraction of sp³-hybridized carbons (Fsp3) is 0.190.